The molecule has 12 rings (SSSR count). The van der Waals surface area contributed by atoms with Crippen LogP contribution in [0.25, 0.3) is 32.7 Å². The molecule has 3 aromatic heterocycles. The van der Waals surface area contributed by atoms with E-state index in [0.29, 0.717) is 110 Å². The third kappa shape index (κ3) is 21.6. The summed E-state index contributed by atoms with van der Waals surface area (Å²) in [5.41, 5.74) is 8.85. The fourth-order valence-electron chi connectivity index (χ4n) is 16.8. The Bertz CT molecular complexity index is 4210. The maximum absolute atomic E-state index is 13.5. The Morgan fingerprint density at radius 1 is 0.417 bits per heavy atom. The molecule has 6 saturated carbocycles. The second kappa shape index (κ2) is 39.2. The van der Waals surface area contributed by atoms with Gasteiger partial charge >= 0.3 is 5.97 Å². The number of ketones is 3. The van der Waals surface area contributed by atoms with Crippen LogP contribution in [0.1, 0.15) is 224 Å². The molecule has 7 amide bonds. The number of nitrogens with zero attached hydrogens (tertiary/aromatic N) is 1. The normalized spacial score (nSPS) is 20.1. The summed E-state index contributed by atoms with van der Waals surface area (Å²) in [6.07, 6.45) is 24.6. The molecule has 0 aliphatic heterocycles. The molecule has 26 heteroatoms. The molecule has 0 saturated heterocycles. The van der Waals surface area contributed by atoms with Crippen molar-refractivity contribution >= 4 is 97.4 Å². The first-order chi connectivity index (χ1) is 52.2. The lowest BCUT2D eigenvalue weighted by molar-refractivity contribution is -0.146. The van der Waals surface area contributed by atoms with Gasteiger partial charge < -0.3 is 71.5 Å². The van der Waals surface area contributed by atoms with E-state index in [1.165, 1.54) is 26.4 Å². The first kappa shape index (κ1) is 80.5. The number of fused-ring (bicyclic) bond motifs is 3. The highest BCUT2D eigenvalue weighted by Gasteiger charge is 2.38. The zero-order chi connectivity index (χ0) is 76.8. The van der Waals surface area contributed by atoms with Crippen LogP contribution in [-0.2, 0) is 43.1 Å². The number of Topliss-reactive ketones (excluding diaryl/α,β-unsaturated/α-hetero) is 3. The van der Waals surface area contributed by atoms with Crippen LogP contribution in [0.3, 0.4) is 0 Å². The maximum Gasteiger partial charge on any atom is 0.328 e. The standard InChI is InChI=1S/C28H37N3O6.C27H36N4O5.C27H34N4O4/c1-36-25-13-7-11-20-19(25)16-22(29-20)27(34)30-21(14-17-8-4-3-5-9-17)26(33)31-23(28(35)37-2)15-18-10-6-12-24(18)32;1-36-24-12-6-10-19-18(24)15-22(29-19)27(35)31-21(13-16-7-3-2-4-8-16)26(34)30-20(25(28)33)14-17-9-5-11-23(17)32;1-35-25-12-6-10-21-20(25)15-23(30-21)27(34)31-22(13-17-7-3-2-4-8-17)26(33)29-19(16-28)14-18-9-5-11-24(18)32/h7,11,13,16-18,21,23,29H,3-6,8-10,12,14-15H2,1-2H3,(H,30,34)(H,31,33);6,10,12,15-17,20-21,29H,2-5,7-9,11,13-14H2,1H3,(H2,28,33)(H,30,34)(H,31,35);6,10,12,15,17-19,22,30H,2-5,7-9,11,13-14H2,1H3,(H,29,33)(H,31,34)/t18-,21-,23-;17-,20-,21-;18-,19-,22-/m000/s1. The van der Waals surface area contributed by atoms with Crippen LogP contribution in [0.4, 0.5) is 0 Å². The largest absolute Gasteiger partial charge is 0.496 e. The first-order valence-electron chi connectivity index (χ1n) is 38.9. The Morgan fingerprint density at radius 2 is 0.741 bits per heavy atom. The van der Waals surface area contributed by atoms with Gasteiger partial charge in [-0.25, -0.2) is 4.79 Å². The van der Waals surface area contributed by atoms with Gasteiger partial charge in [0.1, 0.15) is 87.9 Å². The number of esters is 1. The molecule has 0 unspecified atom stereocenters. The molecule has 6 aromatic rings. The molecule has 0 radical (unpaired) electrons. The summed E-state index contributed by atoms with van der Waals surface area (Å²) in [6, 6.07) is 18.8. The number of hydrogen-bond donors (Lipinski definition) is 10. The molecule has 3 heterocycles. The van der Waals surface area contributed by atoms with Crippen molar-refractivity contribution in [1.82, 2.24) is 46.9 Å². The molecule has 6 aliphatic carbocycles. The molecule has 0 bridgehead atoms. The van der Waals surface area contributed by atoms with Crippen molar-refractivity contribution in [2.45, 2.75) is 229 Å². The summed E-state index contributed by atoms with van der Waals surface area (Å²) >= 11 is 0. The molecular formula is C82H107N11O15. The second-order valence-corrected chi connectivity index (χ2v) is 30.2. The van der Waals surface area contributed by atoms with E-state index in [0.717, 1.165) is 135 Å². The predicted octanol–water partition coefficient (Wildman–Crippen LogP) is 10.7. The van der Waals surface area contributed by atoms with E-state index in [2.05, 4.69) is 52.9 Å². The van der Waals surface area contributed by atoms with E-state index in [-0.39, 0.29) is 59.8 Å². The van der Waals surface area contributed by atoms with E-state index in [9.17, 15) is 58.0 Å². The van der Waals surface area contributed by atoms with Crippen molar-refractivity contribution < 1.29 is 71.7 Å². The number of carbonyl (C=O) groups excluding carboxylic acids is 11. The number of nitrogens with two attached hydrogens (primary N) is 1. The number of methoxy groups -OCH3 is 4. The third-order valence-corrected chi connectivity index (χ3v) is 22.8. The lowest BCUT2D eigenvalue weighted by atomic mass is 9.84. The molecule has 6 fully saturated rings. The summed E-state index contributed by atoms with van der Waals surface area (Å²) < 4.78 is 21.1. The molecule has 9 atom stereocenters. The van der Waals surface area contributed by atoms with Gasteiger partial charge in [-0.1, -0.05) is 115 Å². The van der Waals surface area contributed by atoms with Gasteiger partial charge in [0.25, 0.3) is 17.7 Å². The Labute approximate surface area is 630 Å². The topological polar surface area (TPSA) is 394 Å². The van der Waals surface area contributed by atoms with Gasteiger partial charge in [-0.05, 0) is 149 Å². The highest BCUT2D eigenvalue weighted by Crippen LogP contribution is 2.35. The number of ether oxygens (including phenoxy) is 4. The fraction of sp³-hybridized carbons (Fsp3) is 0.561. The van der Waals surface area contributed by atoms with Crippen molar-refractivity contribution in [3.8, 4) is 23.3 Å². The van der Waals surface area contributed by atoms with Crippen molar-refractivity contribution in [2.24, 2.45) is 41.2 Å². The number of H-pyrrole nitrogens is 3. The van der Waals surface area contributed by atoms with Gasteiger partial charge in [0, 0.05) is 69.7 Å². The number of carbonyl (C=O) groups is 11. The van der Waals surface area contributed by atoms with Gasteiger partial charge in [0.05, 0.1) is 34.5 Å². The minimum atomic E-state index is -0.951. The number of nitriles is 1. The van der Waals surface area contributed by atoms with Crippen molar-refractivity contribution in [2.75, 3.05) is 28.4 Å². The molecule has 580 valence electrons. The van der Waals surface area contributed by atoms with Crippen molar-refractivity contribution in [1.29, 1.82) is 5.26 Å². The van der Waals surface area contributed by atoms with E-state index in [4.69, 9.17) is 24.7 Å². The van der Waals surface area contributed by atoms with Crippen LogP contribution < -0.4 is 51.8 Å². The van der Waals surface area contributed by atoms with Gasteiger partial charge in [0.2, 0.25) is 23.6 Å². The number of aromatic amines is 3. The molecule has 6 aliphatic rings. The van der Waals surface area contributed by atoms with E-state index < -0.39 is 71.8 Å². The Morgan fingerprint density at radius 3 is 1.05 bits per heavy atom. The second-order valence-electron chi connectivity index (χ2n) is 30.2. The van der Waals surface area contributed by atoms with E-state index in [1.54, 1.807) is 39.5 Å². The number of benzene rings is 3. The average molecular weight is 1490 g/mol. The minimum absolute atomic E-state index is 0.108. The average Bonchev–Trinajstić information content (AvgIpc) is 1.67. The Kier molecular flexibility index (Phi) is 29.2. The van der Waals surface area contributed by atoms with Crippen molar-refractivity contribution in [3.63, 3.8) is 0 Å². The monoisotopic (exact) mass is 1490 g/mol. The minimum Gasteiger partial charge on any atom is -0.496 e. The third-order valence-electron chi connectivity index (χ3n) is 22.8. The molecule has 108 heavy (non-hydrogen) atoms. The molecule has 11 N–H and O–H groups in total. The van der Waals surface area contributed by atoms with Gasteiger partial charge in [-0.15, -0.1) is 0 Å². The fourth-order valence-corrected chi connectivity index (χ4v) is 16.8. The van der Waals surface area contributed by atoms with Gasteiger partial charge in [-0.3, -0.25) is 47.9 Å². The maximum atomic E-state index is 13.5. The summed E-state index contributed by atoms with van der Waals surface area (Å²) in [6.45, 7) is 0. The summed E-state index contributed by atoms with van der Waals surface area (Å²) in [4.78, 5) is 150. The van der Waals surface area contributed by atoms with Gasteiger partial charge in [-0.2, -0.15) is 5.26 Å². The number of primary amides is 1. The smallest absolute Gasteiger partial charge is 0.328 e. The number of aromatic nitrogens is 3. The van der Waals surface area contributed by atoms with Crippen molar-refractivity contribution in [3.05, 3.63) is 89.9 Å². The quantitative estimate of drug-likeness (QED) is 0.0195. The van der Waals surface area contributed by atoms with E-state index in [1.807, 2.05) is 54.6 Å². The first-order valence-corrected chi connectivity index (χ1v) is 38.9. The Hall–Kier alpha value is -10.1. The van der Waals surface area contributed by atoms with Crippen LogP contribution in [0.5, 0.6) is 17.2 Å². The molecule has 3 aromatic carbocycles. The molecule has 26 nitrogen and oxygen atoms in total. The van der Waals surface area contributed by atoms with Crippen LogP contribution in [0.2, 0.25) is 0 Å². The summed E-state index contributed by atoms with van der Waals surface area (Å²) in [7, 11) is 5.99. The van der Waals surface area contributed by atoms with Crippen LogP contribution in [-0.4, -0.2) is 144 Å². The number of hydrogen-bond acceptors (Lipinski definition) is 16. The number of rotatable bonds is 29. The van der Waals surface area contributed by atoms with Gasteiger partial charge in [0.15, 0.2) is 0 Å². The summed E-state index contributed by atoms with van der Waals surface area (Å²) in [5.74, 6) is -1.11. The number of amides is 7. The van der Waals surface area contributed by atoms with E-state index >= 15 is 0 Å². The Balaban J connectivity index is 0.000000173. The highest BCUT2D eigenvalue weighted by atomic mass is 16.5. The highest BCUT2D eigenvalue weighted by molar-refractivity contribution is 6.04. The lowest BCUT2D eigenvalue weighted by Crippen LogP contribution is -2.54. The predicted molar refractivity (Wildman–Crippen MR) is 405 cm³/mol. The van der Waals surface area contributed by atoms with Crippen LogP contribution >= 0.6 is 0 Å². The number of nitrogens with one attached hydrogen (secondary N) is 9. The molecule has 0 spiro atoms. The van der Waals surface area contributed by atoms with Crippen LogP contribution in [0, 0.1) is 46.8 Å². The summed E-state index contributed by atoms with van der Waals surface area (Å²) in [5, 5.41) is 29.0. The molecular weight excluding hydrogens is 1380 g/mol. The zero-order valence-electron chi connectivity index (χ0n) is 62.7. The zero-order valence-corrected chi connectivity index (χ0v) is 62.7. The SMILES string of the molecule is COC(=O)[C@H](C[C@@H]1CCCC1=O)NC(=O)[C@H](CC1CCCCC1)NC(=O)c1cc2c(OC)cccc2[nH]1.COc1cccc2[nH]c(C(=O)N[C@@H](CC3CCCCC3)C(=O)N[C@@H](C[C@@H]3CCCC3=O)C(N)=O)cc12.COc1cccc2[nH]c(C(=O)N[C@@H](CC3CCCCC3)C(=O)N[C@H](C#N)C[C@@H]3CCCC3=O)cc12. The van der Waals surface area contributed by atoms with Crippen LogP contribution in [0.15, 0.2) is 72.8 Å². The lowest BCUT2D eigenvalue weighted by Gasteiger charge is -2.28.